The van der Waals surface area contributed by atoms with Crippen LogP contribution in [0.4, 0.5) is 5.69 Å². The average molecular weight is 343 g/mol. The Kier molecular flexibility index (Phi) is 4.61. The van der Waals surface area contributed by atoms with Gasteiger partial charge in [0.2, 0.25) is 5.91 Å². The first-order valence-electron chi connectivity index (χ1n) is 9.41. The summed E-state index contributed by atoms with van der Waals surface area (Å²) in [5.74, 6) is 0.391. The lowest BCUT2D eigenvalue weighted by molar-refractivity contribution is -0.925. The van der Waals surface area contributed by atoms with Crippen LogP contribution in [0.25, 0.3) is 0 Å². The highest BCUT2D eigenvalue weighted by molar-refractivity contribution is 5.78. The molecule has 1 unspecified atom stereocenters. The van der Waals surface area contributed by atoms with E-state index in [0.717, 1.165) is 45.6 Å². The van der Waals surface area contributed by atoms with Crippen molar-refractivity contribution in [3.8, 4) is 0 Å². The monoisotopic (exact) mass is 343 g/mol. The van der Waals surface area contributed by atoms with Crippen molar-refractivity contribution >= 4 is 17.5 Å². The molecular weight excluding hydrogens is 316 g/mol. The minimum Gasteiger partial charge on any atom is -0.368 e. The molecule has 3 atom stereocenters. The van der Waals surface area contributed by atoms with Crippen molar-refractivity contribution in [1.82, 2.24) is 10.2 Å². The van der Waals surface area contributed by atoms with Crippen LogP contribution in [0.5, 0.6) is 0 Å². The molecule has 1 aromatic rings. The molecule has 0 aromatic heterocycles. The first-order valence-corrected chi connectivity index (χ1v) is 9.41. The van der Waals surface area contributed by atoms with Crippen LogP contribution in [-0.4, -0.2) is 68.1 Å². The van der Waals surface area contributed by atoms with Crippen LogP contribution in [0, 0.1) is 0 Å². The summed E-state index contributed by atoms with van der Waals surface area (Å²) < 4.78 is 0. The van der Waals surface area contributed by atoms with Crippen molar-refractivity contribution in [3.05, 3.63) is 30.3 Å². The van der Waals surface area contributed by atoms with E-state index in [2.05, 4.69) is 34.5 Å². The van der Waals surface area contributed by atoms with Crippen LogP contribution in [0.15, 0.2) is 30.3 Å². The van der Waals surface area contributed by atoms with Crippen LogP contribution < -0.4 is 15.1 Å². The number of anilines is 1. The van der Waals surface area contributed by atoms with Crippen LogP contribution in [-0.2, 0) is 9.59 Å². The van der Waals surface area contributed by atoms with E-state index in [1.807, 2.05) is 11.0 Å². The van der Waals surface area contributed by atoms with E-state index in [4.69, 9.17) is 0 Å². The third kappa shape index (κ3) is 3.49. The van der Waals surface area contributed by atoms with E-state index in [9.17, 15) is 9.59 Å². The molecule has 134 valence electrons. The number of piperazine rings is 1. The van der Waals surface area contributed by atoms with E-state index < -0.39 is 0 Å². The van der Waals surface area contributed by atoms with Crippen LogP contribution in [0.2, 0.25) is 0 Å². The van der Waals surface area contributed by atoms with Gasteiger partial charge in [-0.05, 0) is 12.1 Å². The summed E-state index contributed by atoms with van der Waals surface area (Å²) in [6, 6.07) is 11.1. The van der Waals surface area contributed by atoms with Gasteiger partial charge >= 0.3 is 0 Å². The fourth-order valence-corrected chi connectivity index (χ4v) is 4.53. The topological polar surface area (TPSA) is 57.1 Å². The molecule has 0 aliphatic carbocycles. The second kappa shape index (κ2) is 7.04. The third-order valence-corrected chi connectivity index (χ3v) is 6.00. The second-order valence-electron chi connectivity index (χ2n) is 7.43. The van der Waals surface area contributed by atoms with Crippen molar-refractivity contribution in [3.63, 3.8) is 0 Å². The summed E-state index contributed by atoms with van der Waals surface area (Å²) in [4.78, 5) is 30.2. The third-order valence-electron chi connectivity index (χ3n) is 6.00. The highest BCUT2D eigenvalue weighted by Gasteiger charge is 2.42. The molecule has 6 nitrogen and oxygen atoms in total. The maximum absolute atomic E-state index is 12.8. The molecule has 1 aromatic carbocycles. The van der Waals surface area contributed by atoms with E-state index in [1.54, 1.807) is 0 Å². The Morgan fingerprint density at radius 3 is 2.56 bits per heavy atom. The SMILES string of the molecule is O=C1C[C@@H]2CC[C@H](CN1)[NH+]2CC(=O)N1CCN(c2ccccc2)CC1. The Bertz CT molecular complexity index is 628. The molecule has 2 bridgehead atoms. The number of carbonyl (C=O) groups excluding carboxylic acids is 2. The first-order chi connectivity index (χ1) is 12.2. The zero-order valence-electron chi connectivity index (χ0n) is 14.6. The summed E-state index contributed by atoms with van der Waals surface area (Å²) in [5, 5.41) is 2.99. The zero-order chi connectivity index (χ0) is 17.2. The van der Waals surface area contributed by atoms with Gasteiger partial charge in [0.05, 0.1) is 19.0 Å². The molecule has 3 heterocycles. The molecule has 2 N–H and O–H groups in total. The lowest BCUT2D eigenvalue weighted by atomic mass is 10.1. The van der Waals surface area contributed by atoms with Crippen molar-refractivity contribution < 1.29 is 14.5 Å². The first kappa shape index (κ1) is 16.4. The number of nitrogens with zero attached hydrogens (tertiary/aromatic N) is 2. The minimum atomic E-state index is 0.147. The van der Waals surface area contributed by atoms with Crippen molar-refractivity contribution in [2.75, 3.05) is 44.2 Å². The van der Waals surface area contributed by atoms with Crippen molar-refractivity contribution in [1.29, 1.82) is 0 Å². The van der Waals surface area contributed by atoms with Crippen molar-refractivity contribution in [2.24, 2.45) is 0 Å². The van der Waals surface area contributed by atoms with Gasteiger partial charge in [-0.1, -0.05) is 18.2 Å². The Labute approximate surface area is 148 Å². The lowest BCUT2D eigenvalue weighted by Crippen LogP contribution is -3.18. The Hall–Kier alpha value is -2.08. The highest BCUT2D eigenvalue weighted by Crippen LogP contribution is 2.16. The van der Waals surface area contributed by atoms with Crippen molar-refractivity contribution in [2.45, 2.75) is 31.3 Å². The van der Waals surface area contributed by atoms with Gasteiger partial charge in [0.1, 0.15) is 6.04 Å². The molecule has 0 spiro atoms. The fourth-order valence-electron chi connectivity index (χ4n) is 4.53. The Balaban J connectivity index is 1.33. The van der Waals surface area contributed by atoms with Gasteiger partial charge in [0, 0.05) is 44.7 Å². The molecular formula is C19H27N4O2+. The molecule has 4 rings (SSSR count). The maximum Gasteiger partial charge on any atom is 0.277 e. The number of quaternary nitrogens is 1. The molecule has 3 aliphatic heterocycles. The van der Waals surface area contributed by atoms with Gasteiger partial charge in [0.25, 0.3) is 5.91 Å². The van der Waals surface area contributed by atoms with Gasteiger partial charge in [-0.15, -0.1) is 0 Å². The number of amides is 2. The summed E-state index contributed by atoms with van der Waals surface area (Å²) in [6.07, 6.45) is 2.76. The second-order valence-corrected chi connectivity index (χ2v) is 7.43. The van der Waals surface area contributed by atoms with E-state index >= 15 is 0 Å². The number of hydrogen-bond acceptors (Lipinski definition) is 3. The summed E-state index contributed by atoms with van der Waals surface area (Å²) in [7, 11) is 0. The van der Waals surface area contributed by atoms with Gasteiger partial charge in [-0.25, -0.2) is 0 Å². The van der Waals surface area contributed by atoms with Gasteiger partial charge in [-0.3, -0.25) is 9.59 Å². The van der Waals surface area contributed by atoms with E-state index in [-0.39, 0.29) is 11.8 Å². The van der Waals surface area contributed by atoms with Gasteiger partial charge in [0.15, 0.2) is 6.54 Å². The van der Waals surface area contributed by atoms with E-state index in [1.165, 1.54) is 10.6 Å². The molecule has 6 heteroatoms. The Morgan fingerprint density at radius 2 is 1.80 bits per heavy atom. The van der Waals surface area contributed by atoms with Gasteiger partial charge < -0.3 is 20.0 Å². The van der Waals surface area contributed by atoms with Crippen LogP contribution in [0.1, 0.15) is 19.3 Å². The molecule has 0 saturated carbocycles. The van der Waals surface area contributed by atoms with E-state index in [0.29, 0.717) is 25.0 Å². The summed E-state index contributed by atoms with van der Waals surface area (Å²) in [5.41, 5.74) is 1.23. The number of hydrogen-bond donors (Lipinski definition) is 2. The molecule has 25 heavy (non-hydrogen) atoms. The molecule has 2 amide bonds. The highest BCUT2D eigenvalue weighted by atomic mass is 16.2. The number of benzene rings is 1. The average Bonchev–Trinajstić information content (AvgIpc) is 2.93. The minimum absolute atomic E-state index is 0.147. The smallest absolute Gasteiger partial charge is 0.277 e. The molecule has 3 aliphatic rings. The number of fused-ring (bicyclic) bond motifs is 2. The maximum atomic E-state index is 12.8. The predicted molar refractivity (Wildman–Crippen MR) is 95.5 cm³/mol. The molecule has 0 radical (unpaired) electrons. The van der Waals surface area contributed by atoms with Crippen LogP contribution >= 0.6 is 0 Å². The molecule has 3 saturated heterocycles. The van der Waals surface area contributed by atoms with Crippen LogP contribution in [0.3, 0.4) is 0 Å². The normalized spacial score (nSPS) is 29.3. The standard InChI is InChI=1S/C19H26N4O2/c24-18-12-16-6-7-17(13-20-18)23(16)14-19(25)22-10-8-21(9-11-22)15-4-2-1-3-5-15/h1-5,16-17H,6-14H2,(H,20,24)/p+1/t16-,17+/m0/s1. The number of rotatable bonds is 3. The molecule has 3 fully saturated rings. The zero-order valence-corrected chi connectivity index (χ0v) is 14.6. The summed E-state index contributed by atoms with van der Waals surface area (Å²) >= 11 is 0. The summed E-state index contributed by atoms with van der Waals surface area (Å²) in [6.45, 7) is 4.60. The quantitative estimate of drug-likeness (QED) is 0.761. The van der Waals surface area contributed by atoms with Gasteiger partial charge in [-0.2, -0.15) is 0 Å². The number of nitrogens with one attached hydrogen (secondary N) is 2. The fraction of sp³-hybridized carbons (Fsp3) is 0.579. The predicted octanol–water partition coefficient (Wildman–Crippen LogP) is -0.729. The number of carbonyl (C=O) groups is 2. The largest absolute Gasteiger partial charge is 0.368 e. The lowest BCUT2D eigenvalue weighted by Gasteiger charge is -2.36. The number of para-hydroxylation sites is 1. The Morgan fingerprint density at radius 1 is 1.08 bits per heavy atom.